The number of esters is 1. The zero-order valence-corrected chi connectivity index (χ0v) is 29.5. The molecular formula is C33H56F7NO4. The Labute approximate surface area is 265 Å². The maximum atomic E-state index is 14.3. The fourth-order valence-corrected chi connectivity index (χ4v) is 4.98. The van der Waals surface area contributed by atoms with Crippen molar-refractivity contribution in [2.75, 3.05) is 6.61 Å². The Hall–Kier alpha value is -1.61. The van der Waals surface area contributed by atoms with Crippen molar-refractivity contribution in [1.29, 1.82) is 5.26 Å². The van der Waals surface area contributed by atoms with Gasteiger partial charge in [-0.25, -0.2) is 4.79 Å². The van der Waals surface area contributed by atoms with Gasteiger partial charge in [-0.05, 0) is 51.8 Å². The molecule has 0 amide bonds. The molecule has 0 aromatic carbocycles. The van der Waals surface area contributed by atoms with Crippen LogP contribution in [-0.4, -0.2) is 54.0 Å². The lowest BCUT2D eigenvalue weighted by molar-refractivity contribution is -0.349. The molecule has 45 heavy (non-hydrogen) atoms. The summed E-state index contributed by atoms with van der Waals surface area (Å²) in [4.78, 5) is 12.3. The summed E-state index contributed by atoms with van der Waals surface area (Å²) < 4.78 is 105. The van der Waals surface area contributed by atoms with Crippen LogP contribution in [0.15, 0.2) is 0 Å². The normalized spacial score (nSPS) is 17.0. The largest absolute Gasteiger partial charge is 0.460 e. The third kappa shape index (κ3) is 10.2. The summed E-state index contributed by atoms with van der Waals surface area (Å²) in [6.45, 7) is 25.7. The van der Waals surface area contributed by atoms with Gasteiger partial charge in [-0.15, -0.1) is 0 Å². The average Bonchev–Trinajstić information content (AvgIpc) is 2.79. The third-order valence-corrected chi connectivity index (χ3v) is 10.1. The summed E-state index contributed by atoms with van der Waals surface area (Å²) >= 11 is 0. The number of alkyl halides is 7. The van der Waals surface area contributed by atoms with E-state index in [9.17, 15) is 40.6 Å². The van der Waals surface area contributed by atoms with Crippen LogP contribution in [0.25, 0.3) is 0 Å². The Bertz CT molecular complexity index is 1030. The minimum Gasteiger partial charge on any atom is -0.457 e. The maximum Gasteiger partial charge on any atom is 0.460 e. The van der Waals surface area contributed by atoms with Crippen LogP contribution >= 0.6 is 0 Å². The van der Waals surface area contributed by atoms with E-state index >= 15 is 0 Å². The van der Waals surface area contributed by atoms with Crippen molar-refractivity contribution >= 4 is 5.97 Å². The van der Waals surface area contributed by atoms with Gasteiger partial charge < -0.3 is 14.6 Å². The molecule has 266 valence electrons. The molecule has 0 rings (SSSR count). The molecule has 0 aliphatic rings. The van der Waals surface area contributed by atoms with Crippen LogP contribution < -0.4 is 0 Å². The number of aliphatic hydroxyl groups excluding tert-OH is 1. The summed E-state index contributed by atoms with van der Waals surface area (Å²) in [5.41, 5.74) is -4.33. The monoisotopic (exact) mass is 663 g/mol. The smallest absolute Gasteiger partial charge is 0.457 e. The molecule has 0 saturated heterocycles. The number of nitriles is 1. The van der Waals surface area contributed by atoms with Crippen LogP contribution in [0.5, 0.6) is 0 Å². The zero-order chi connectivity index (χ0) is 36.5. The first-order valence-corrected chi connectivity index (χ1v) is 15.2. The number of halogens is 7. The fraction of sp³-hybridized carbons (Fsp3) is 0.939. The van der Waals surface area contributed by atoms with Gasteiger partial charge in [0.05, 0.1) is 31.3 Å². The molecule has 3 atom stereocenters. The molecule has 1 N–H and O–H groups in total. The van der Waals surface area contributed by atoms with E-state index in [0.717, 1.165) is 0 Å². The van der Waals surface area contributed by atoms with Gasteiger partial charge in [0.25, 0.3) is 0 Å². The predicted octanol–water partition coefficient (Wildman–Crippen LogP) is 9.76. The highest BCUT2D eigenvalue weighted by atomic mass is 19.4. The fourth-order valence-electron chi connectivity index (χ4n) is 4.98. The predicted molar refractivity (Wildman–Crippen MR) is 160 cm³/mol. The second kappa shape index (κ2) is 13.9. The number of aliphatic hydroxyl groups is 1. The SMILES string of the molecule is CC(C)(C)CC(O)C(C)(C)C(C)(C)CC(OCCC#N)C(C)(C)C(C)(C)CC(OC(=O)C(F)(F)C(F)(F)C(F)(F)F)C(C)(C)C. The van der Waals surface area contributed by atoms with E-state index in [2.05, 4.69) is 0 Å². The highest BCUT2D eigenvalue weighted by Crippen LogP contribution is 2.55. The van der Waals surface area contributed by atoms with Crippen LogP contribution in [0.4, 0.5) is 30.7 Å². The molecule has 0 bridgehead atoms. The van der Waals surface area contributed by atoms with Crippen molar-refractivity contribution in [2.45, 2.75) is 159 Å². The second-order valence-electron chi connectivity index (χ2n) is 17.1. The maximum absolute atomic E-state index is 14.3. The van der Waals surface area contributed by atoms with E-state index in [-0.39, 0.29) is 24.9 Å². The molecule has 0 aromatic rings. The summed E-state index contributed by atoms with van der Waals surface area (Å²) in [5.74, 6) is -15.7. The molecule has 0 aliphatic heterocycles. The highest BCUT2D eigenvalue weighted by Gasteiger charge is 2.77. The van der Waals surface area contributed by atoms with E-state index in [1.165, 1.54) is 20.8 Å². The molecule has 0 radical (unpaired) electrons. The molecule has 0 fully saturated rings. The van der Waals surface area contributed by atoms with Gasteiger partial charge in [-0.3, -0.25) is 0 Å². The molecule has 0 saturated carbocycles. The van der Waals surface area contributed by atoms with Gasteiger partial charge in [0, 0.05) is 0 Å². The highest BCUT2D eigenvalue weighted by molar-refractivity contribution is 5.79. The van der Waals surface area contributed by atoms with Crippen molar-refractivity contribution < 1.29 is 50.1 Å². The summed E-state index contributed by atoms with van der Waals surface area (Å²) in [7, 11) is 0. The Kier molecular flexibility index (Phi) is 13.4. The zero-order valence-electron chi connectivity index (χ0n) is 29.5. The van der Waals surface area contributed by atoms with Crippen molar-refractivity contribution in [3.8, 4) is 6.07 Å². The molecule has 12 heteroatoms. The molecule has 0 heterocycles. The number of carbonyl (C=O) groups is 1. The van der Waals surface area contributed by atoms with Gasteiger partial charge in [-0.1, -0.05) is 96.9 Å². The number of rotatable bonds is 15. The minimum atomic E-state index is -6.68. The van der Waals surface area contributed by atoms with Gasteiger partial charge in [0.15, 0.2) is 0 Å². The van der Waals surface area contributed by atoms with Gasteiger partial charge >= 0.3 is 24.0 Å². The second-order valence-corrected chi connectivity index (χ2v) is 17.1. The number of hydrogen-bond acceptors (Lipinski definition) is 5. The minimum absolute atomic E-state index is 0.0676. The van der Waals surface area contributed by atoms with Crippen molar-refractivity contribution in [1.82, 2.24) is 0 Å². The topological polar surface area (TPSA) is 79.6 Å². The summed E-state index contributed by atoms with van der Waals surface area (Å²) in [6.07, 6.45) is -8.69. The summed E-state index contributed by atoms with van der Waals surface area (Å²) in [6, 6.07) is 2.03. The molecular weight excluding hydrogens is 607 g/mol. The number of nitrogens with zero attached hydrogens (tertiary/aromatic N) is 1. The van der Waals surface area contributed by atoms with E-state index in [1.807, 2.05) is 68.4 Å². The van der Waals surface area contributed by atoms with Crippen LogP contribution in [-0.2, 0) is 14.3 Å². The number of hydrogen-bond donors (Lipinski definition) is 1. The lowest BCUT2D eigenvalue weighted by atomic mass is 9.55. The van der Waals surface area contributed by atoms with Crippen molar-refractivity contribution in [3.05, 3.63) is 0 Å². The Balaban J connectivity index is 6.62. The standard InChI is InChI=1S/C33H56F7NO4/c1-25(2,3)18-21(42)29(11,12)27(7,8)20-23(44-17-15-16-41)30(13,14)28(9,10)19-22(26(4,5)6)45-24(43)31(34,35)32(36,37)33(38,39)40/h21-23,42H,15,17-20H2,1-14H3. The summed E-state index contributed by atoms with van der Waals surface area (Å²) in [5, 5.41) is 20.4. The lowest BCUT2D eigenvalue weighted by Gasteiger charge is -2.53. The van der Waals surface area contributed by atoms with Crippen LogP contribution in [0.3, 0.4) is 0 Å². The average molecular weight is 664 g/mol. The quantitative estimate of drug-likeness (QED) is 0.107. The van der Waals surface area contributed by atoms with E-state index < -0.39 is 69.4 Å². The van der Waals surface area contributed by atoms with Crippen LogP contribution in [0.1, 0.15) is 123 Å². The van der Waals surface area contributed by atoms with E-state index in [0.29, 0.717) is 12.8 Å². The number of carbonyl (C=O) groups excluding carboxylic acids is 1. The third-order valence-electron chi connectivity index (χ3n) is 10.1. The Morgan fingerprint density at radius 1 is 0.711 bits per heavy atom. The van der Waals surface area contributed by atoms with E-state index in [1.54, 1.807) is 13.8 Å². The van der Waals surface area contributed by atoms with Crippen LogP contribution in [0, 0.1) is 43.8 Å². The molecule has 3 unspecified atom stereocenters. The van der Waals surface area contributed by atoms with Crippen LogP contribution in [0.2, 0.25) is 0 Å². The van der Waals surface area contributed by atoms with E-state index in [4.69, 9.17) is 14.7 Å². The van der Waals surface area contributed by atoms with Crippen molar-refractivity contribution in [2.24, 2.45) is 32.5 Å². The lowest BCUT2D eigenvalue weighted by Crippen LogP contribution is -2.58. The first kappa shape index (κ1) is 43.4. The Morgan fingerprint density at radius 3 is 1.51 bits per heavy atom. The first-order chi connectivity index (χ1) is 19.5. The van der Waals surface area contributed by atoms with Gasteiger partial charge in [0.2, 0.25) is 0 Å². The van der Waals surface area contributed by atoms with Gasteiger partial charge in [0.1, 0.15) is 6.10 Å². The van der Waals surface area contributed by atoms with Gasteiger partial charge in [-0.2, -0.15) is 36.0 Å². The molecule has 0 aliphatic carbocycles. The number of ether oxygens (including phenoxy) is 2. The van der Waals surface area contributed by atoms with Crippen molar-refractivity contribution in [3.63, 3.8) is 0 Å². The Morgan fingerprint density at radius 2 is 1.13 bits per heavy atom. The first-order valence-electron chi connectivity index (χ1n) is 15.2. The molecule has 0 aromatic heterocycles. The molecule has 0 spiro atoms. The molecule has 5 nitrogen and oxygen atoms in total.